The van der Waals surface area contributed by atoms with Crippen molar-refractivity contribution in [3.63, 3.8) is 0 Å². The highest BCUT2D eigenvalue weighted by atomic mass is 16.2. The number of carbonyl (C=O) groups is 1. The maximum absolute atomic E-state index is 13.1. The van der Waals surface area contributed by atoms with Crippen molar-refractivity contribution in [2.45, 2.75) is 18.9 Å². The largest absolute Gasteiger partial charge is 0.307 e. The Morgan fingerprint density at radius 1 is 0.708 bits per heavy atom. The topological polar surface area (TPSA) is 20.3 Å². The normalized spacial score (nSPS) is 16.2. The van der Waals surface area contributed by atoms with Crippen molar-refractivity contribution >= 4 is 11.6 Å². The number of rotatable bonds is 4. The van der Waals surface area contributed by atoms with Gasteiger partial charge in [-0.05, 0) is 29.2 Å². The summed E-state index contributed by atoms with van der Waals surface area (Å²) < 4.78 is 0. The smallest absolute Gasteiger partial charge is 0.235 e. The summed E-state index contributed by atoms with van der Waals surface area (Å²) in [6, 6.07) is 28.6. The molecule has 0 spiro atoms. The minimum atomic E-state index is -0.0905. The molecule has 1 atom stereocenters. The van der Waals surface area contributed by atoms with Gasteiger partial charge in [0.15, 0.2) is 0 Å². The van der Waals surface area contributed by atoms with Crippen molar-refractivity contribution in [3.05, 3.63) is 102 Å². The highest BCUT2D eigenvalue weighted by molar-refractivity contribution is 6.05. The van der Waals surface area contributed by atoms with Gasteiger partial charge in [0, 0.05) is 5.69 Å². The summed E-state index contributed by atoms with van der Waals surface area (Å²) >= 11 is 0. The molecule has 0 radical (unpaired) electrons. The Balaban J connectivity index is 1.66. The lowest BCUT2D eigenvalue weighted by Gasteiger charge is -2.18. The number of hydrogen-bond donors (Lipinski definition) is 0. The summed E-state index contributed by atoms with van der Waals surface area (Å²) in [6.45, 7) is 0.627. The monoisotopic (exact) mass is 313 g/mol. The number of amides is 1. The summed E-state index contributed by atoms with van der Waals surface area (Å²) in [6.07, 6.45) is 0.752. The van der Waals surface area contributed by atoms with Crippen molar-refractivity contribution in [2.75, 3.05) is 4.90 Å². The molecule has 3 aromatic carbocycles. The van der Waals surface area contributed by atoms with Crippen molar-refractivity contribution in [2.24, 2.45) is 0 Å². The third kappa shape index (κ3) is 2.71. The van der Waals surface area contributed by atoms with Crippen LogP contribution in [-0.4, -0.2) is 5.91 Å². The molecule has 2 nitrogen and oxygen atoms in total. The average Bonchev–Trinajstić information content (AvgIpc) is 2.90. The number of nitrogens with zero attached hydrogens (tertiary/aromatic N) is 1. The zero-order chi connectivity index (χ0) is 16.4. The van der Waals surface area contributed by atoms with E-state index in [2.05, 4.69) is 36.4 Å². The molecule has 1 unspecified atom stereocenters. The molecule has 3 aromatic rings. The molecule has 0 aromatic heterocycles. The molecule has 0 fully saturated rings. The number of hydrogen-bond acceptors (Lipinski definition) is 1. The van der Waals surface area contributed by atoms with E-state index in [9.17, 15) is 4.79 Å². The molecule has 0 N–H and O–H groups in total. The third-order valence-electron chi connectivity index (χ3n) is 4.63. The fourth-order valence-electron chi connectivity index (χ4n) is 3.44. The lowest BCUT2D eigenvalue weighted by Crippen LogP contribution is -2.28. The molecule has 0 saturated heterocycles. The van der Waals surface area contributed by atoms with E-state index in [4.69, 9.17) is 0 Å². The minimum Gasteiger partial charge on any atom is -0.307 e. The Bertz CT molecular complexity index is 772. The van der Waals surface area contributed by atoms with Crippen LogP contribution in [0.3, 0.4) is 0 Å². The van der Waals surface area contributed by atoms with E-state index in [-0.39, 0.29) is 11.8 Å². The molecule has 0 saturated carbocycles. The van der Waals surface area contributed by atoms with Crippen molar-refractivity contribution < 1.29 is 4.79 Å². The maximum Gasteiger partial charge on any atom is 0.235 e. The van der Waals surface area contributed by atoms with Crippen molar-refractivity contribution in [3.8, 4) is 0 Å². The Morgan fingerprint density at radius 2 is 1.29 bits per heavy atom. The van der Waals surface area contributed by atoms with E-state index in [0.29, 0.717) is 6.54 Å². The standard InChI is InChI=1S/C22H19NO/c24-22-20(15-17-9-3-1-4-10-17)19-13-7-8-14-21(19)23(22)16-18-11-5-2-6-12-18/h1-14,20H,15-16H2. The van der Waals surface area contributed by atoms with Crippen molar-refractivity contribution in [1.82, 2.24) is 0 Å². The average molecular weight is 313 g/mol. The third-order valence-corrected chi connectivity index (χ3v) is 4.63. The summed E-state index contributed by atoms with van der Waals surface area (Å²) in [4.78, 5) is 15.0. The van der Waals surface area contributed by atoms with Gasteiger partial charge in [-0.25, -0.2) is 0 Å². The van der Waals surface area contributed by atoms with Gasteiger partial charge in [-0.2, -0.15) is 0 Å². The maximum atomic E-state index is 13.1. The fraction of sp³-hybridized carbons (Fsp3) is 0.136. The molecular weight excluding hydrogens is 294 g/mol. The predicted molar refractivity (Wildman–Crippen MR) is 97.0 cm³/mol. The van der Waals surface area contributed by atoms with E-state index in [1.54, 1.807) is 0 Å². The van der Waals surface area contributed by atoms with Crippen LogP contribution in [0, 0.1) is 0 Å². The van der Waals surface area contributed by atoms with Gasteiger partial charge in [-0.3, -0.25) is 4.79 Å². The fourth-order valence-corrected chi connectivity index (χ4v) is 3.44. The SMILES string of the molecule is O=C1C(Cc2ccccc2)c2ccccc2N1Cc1ccccc1. The highest BCUT2D eigenvalue weighted by Gasteiger charge is 2.36. The number of carbonyl (C=O) groups excluding carboxylic acids is 1. The van der Waals surface area contributed by atoms with Crippen LogP contribution < -0.4 is 4.90 Å². The first-order valence-corrected chi connectivity index (χ1v) is 8.31. The van der Waals surface area contributed by atoms with Crippen LogP contribution >= 0.6 is 0 Å². The van der Waals surface area contributed by atoms with Crippen LogP contribution in [0.2, 0.25) is 0 Å². The second kappa shape index (κ2) is 6.32. The summed E-state index contributed by atoms with van der Waals surface area (Å²) in [5, 5.41) is 0. The molecule has 2 heteroatoms. The van der Waals surface area contributed by atoms with Gasteiger partial charge < -0.3 is 4.90 Å². The first-order chi connectivity index (χ1) is 11.8. The minimum absolute atomic E-state index is 0.0905. The summed E-state index contributed by atoms with van der Waals surface area (Å²) in [5.41, 5.74) is 4.54. The molecule has 118 valence electrons. The second-order valence-electron chi connectivity index (χ2n) is 6.21. The van der Waals surface area contributed by atoms with E-state index in [1.807, 2.05) is 53.4 Å². The highest BCUT2D eigenvalue weighted by Crippen LogP contribution is 2.39. The Morgan fingerprint density at radius 3 is 2.00 bits per heavy atom. The molecule has 4 rings (SSSR count). The zero-order valence-electron chi connectivity index (χ0n) is 13.4. The quantitative estimate of drug-likeness (QED) is 0.691. The molecule has 1 aliphatic rings. The molecule has 1 amide bonds. The zero-order valence-corrected chi connectivity index (χ0v) is 13.4. The van der Waals surface area contributed by atoms with Crippen LogP contribution in [0.4, 0.5) is 5.69 Å². The summed E-state index contributed by atoms with van der Waals surface area (Å²) in [5.74, 6) is 0.108. The first kappa shape index (κ1) is 14.7. The molecular formula is C22H19NO. The van der Waals surface area contributed by atoms with E-state index in [0.717, 1.165) is 23.2 Å². The predicted octanol–water partition coefficient (Wildman–Crippen LogP) is 4.56. The van der Waals surface area contributed by atoms with Gasteiger partial charge >= 0.3 is 0 Å². The lowest BCUT2D eigenvalue weighted by molar-refractivity contribution is -0.119. The van der Waals surface area contributed by atoms with E-state index < -0.39 is 0 Å². The summed E-state index contributed by atoms with van der Waals surface area (Å²) in [7, 11) is 0. The Hall–Kier alpha value is -2.87. The van der Waals surface area contributed by atoms with Gasteiger partial charge in [0.25, 0.3) is 0 Å². The van der Waals surface area contributed by atoms with E-state index >= 15 is 0 Å². The first-order valence-electron chi connectivity index (χ1n) is 8.31. The number of anilines is 1. The van der Waals surface area contributed by atoms with E-state index in [1.165, 1.54) is 5.56 Å². The molecule has 24 heavy (non-hydrogen) atoms. The Labute approximate surface area is 142 Å². The molecule has 1 heterocycles. The lowest BCUT2D eigenvalue weighted by atomic mass is 9.93. The van der Waals surface area contributed by atoms with Gasteiger partial charge in [0.1, 0.15) is 0 Å². The Kier molecular flexibility index (Phi) is 3.87. The molecule has 0 aliphatic carbocycles. The van der Waals surface area contributed by atoms with Crippen LogP contribution in [0.5, 0.6) is 0 Å². The van der Waals surface area contributed by atoms with Gasteiger partial charge in [0.05, 0.1) is 12.5 Å². The number of fused-ring (bicyclic) bond motifs is 1. The van der Waals surface area contributed by atoms with Crippen LogP contribution in [0.15, 0.2) is 84.9 Å². The van der Waals surface area contributed by atoms with Crippen LogP contribution in [0.25, 0.3) is 0 Å². The van der Waals surface area contributed by atoms with Gasteiger partial charge in [-0.15, -0.1) is 0 Å². The second-order valence-corrected chi connectivity index (χ2v) is 6.21. The molecule has 0 bridgehead atoms. The molecule has 1 aliphatic heterocycles. The van der Waals surface area contributed by atoms with Crippen LogP contribution in [-0.2, 0) is 17.8 Å². The van der Waals surface area contributed by atoms with Gasteiger partial charge in [0.2, 0.25) is 5.91 Å². The van der Waals surface area contributed by atoms with Crippen LogP contribution in [0.1, 0.15) is 22.6 Å². The number of para-hydroxylation sites is 1. The van der Waals surface area contributed by atoms with Gasteiger partial charge in [-0.1, -0.05) is 78.9 Å². The van der Waals surface area contributed by atoms with Crippen molar-refractivity contribution in [1.29, 1.82) is 0 Å². The number of benzene rings is 3.